The quantitative estimate of drug-likeness (QED) is 0.281. The monoisotopic (exact) mass is 689 g/mol. The lowest BCUT2D eigenvalue weighted by atomic mass is 10.0. The molecule has 2 fully saturated rings. The zero-order valence-corrected chi connectivity index (χ0v) is 28.1. The van der Waals surface area contributed by atoms with Crippen molar-refractivity contribution < 1.29 is 9.59 Å². The third-order valence-corrected chi connectivity index (χ3v) is 9.53. The molecular weight excluding hydrogens is 653 g/mol. The number of hydrogen-bond acceptors (Lipinski definition) is 6. The van der Waals surface area contributed by atoms with Gasteiger partial charge in [-0.3, -0.25) is 19.4 Å². The molecule has 43 heavy (non-hydrogen) atoms. The number of likely N-dealkylation sites (N-methyl/N-ethyl adjacent to an activating group) is 1. The maximum Gasteiger partial charge on any atom is 0.251 e. The number of piperazine rings is 1. The molecule has 2 aromatic carbocycles. The van der Waals surface area contributed by atoms with E-state index in [4.69, 9.17) is 23.2 Å². The molecule has 0 aliphatic carbocycles. The van der Waals surface area contributed by atoms with Crippen LogP contribution in [0.2, 0.25) is 10.0 Å². The van der Waals surface area contributed by atoms with Crippen LogP contribution in [0.15, 0.2) is 53.1 Å². The number of carbonyl (C=O) groups is 2. The van der Waals surface area contributed by atoms with E-state index in [9.17, 15) is 9.59 Å². The van der Waals surface area contributed by atoms with Crippen molar-refractivity contribution in [1.29, 1.82) is 0 Å². The second-order valence-electron chi connectivity index (χ2n) is 11.4. The van der Waals surface area contributed by atoms with Gasteiger partial charge in [-0.05, 0) is 81.4 Å². The fourth-order valence-corrected chi connectivity index (χ4v) is 7.17. The summed E-state index contributed by atoms with van der Waals surface area (Å²) in [7, 11) is 0. The molecule has 2 aliphatic rings. The molecule has 3 heterocycles. The Hall–Kier alpha value is -2.50. The van der Waals surface area contributed by atoms with Gasteiger partial charge in [-0.2, -0.15) is 0 Å². The van der Waals surface area contributed by atoms with Crippen LogP contribution < -0.4 is 4.90 Å². The van der Waals surface area contributed by atoms with Crippen LogP contribution in [0.5, 0.6) is 0 Å². The van der Waals surface area contributed by atoms with Gasteiger partial charge in [0.1, 0.15) is 12.1 Å². The van der Waals surface area contributed by atoms with Crippen molar-refractivity contribution in [3.05, 3.63) is 74.4 Å². The van der Waals surface area contributed by atoms with Gasteiger partial charge in [0, 0.05) is 58.5 Å². The maximum atomic E-state index is 14.1. The number of rotatable bonds is 9. The average Bonchev–Trinajstić information content (AvgIpc) is 3.59. The van der Waals surface area contributed by atoms with Crippen molar-refractivity contribution >= 4 is 56.6 Å². The van der Waals surface area contributed by atoms with Crippen molar-refractivity contribution in [2.75, 3.05) is 37.6 Å². The van der Waals surface area contributed by atoms with Gasteiger partial charge in [-0.25, -0.2) is 4.68 Å². The fraction of sp³-hybridized carbons (Fsp3) is 0.484. The molecule has 2 amide bonds. The number of hydrogen-bond donors (Lipinski definition) is 0. The standard InChI is InChI=1S/C31H38BrCl2N7O2/c1-5-37(6-2)29(22-13-24(33)15-25(34)14-22)31(43)38-16-20(3)40(21(4)17-38)18-26-19-41(36-35-26)28-11-12-39(30(28)42)27-9-7-23(32)8-10-27/h7-10,13-15,19-21,28-29H,5-6,11-12,16-18H2,1-4H3/t20-,21+,28?,29?. The number of carbonyl (C=O) groups excluding carboxylic acids is 2. The summed E-state index contributed by atoms with van der Waals surface area (Å²) in [4.78, 5) is 35.6. The number of anilines is 1. The second-order valence-corrected chi connectivity index (χ2v) is 13.2. The third-order valence-electron chi connectivity index (χ3n) is 8.56. The highest BCUT2D eigenvalue weighted by Gasteiger charge is 2.38. The largest absolute Gasteiger partial charge is 0.338 e. The molecule has 1 aromatic heterocycles. The van der Waals surface area contributed by atoms with E-state index >= 15 is 0 Å². The molecule has 2 unspecified atom stereocenters. The summed E-state index contributed by atoms with van der Waals surface area (Å²) in [5.41, 5.74) is 2.50. The van der Waals surface area contributed by atoms with Crippen molar-refractivity contribution in [3.8, 4) is 0 Å². The van der Waals surface area contributed by atoms with Gasteiger partial charge in [0.15, 0.2) is 0 Å². The van der Waals surface area contributed by atoms with Gasteiger partial charge in [0.2, 0.25) is 5.91 Å². The molecule has 5 rings (SSSR count). The molecule has 0 saturated carbocycles. The number of nitrogens with zero attached hydrogens (tertiary/aromatic N) is 7. The molecule has 12 heteroatoms. The zero-order valence-electron chi connectivity index (χ0n) is 25.0. The summed E-state index contributed by atoms with van der Waals surface area (Å²) in [5, 5.41) is 9.83. The Balaban J connectivity index is 1.26. The summed E-state index contributed by atoms with van der Waals surface area (Å²) < 4.78 is 2.68. The maximum absolute atomic E-state index is 14.1. The molecule has 2 aliphatic heterocycles. The minimum absolute atomic E-state index is 0.0244. The highest BCUT2D eigenvalue weighted by atomic mass is 79.9. The predicted molar refractivity (Wildman–Crippen MR) is 173 cm³/mol. The summed E-state index contributed by atoms with van der Waals surface area (Å²) in [6.07, 6.45) is 2.57. The van der Waals surface area contributed by atoms with Crippen molar-refractivity contribution in [1.82, 2.24) is 29.7 Å². The molecule has 3 aromatic rings. The Morgan fingerprint density at radius 3 is 2.28 bits per heavy atom. The van der Waals surface area contributed by atoms with Gasteiger partial charge in [0.05, 0.1) is 11.9 Å². The number of amides is 2. The van der Waals surface area contributed by atoms with E-state index < -0.39 is 6.04 Å². The first-order valence-corrected chi connectivity index (χ1v) is 16.4. The van der Waals surface area contributed by atoms with Crippen LogP contribution in [0.4, 0.5) is 5.69 Å². The molecule has 230 valence electrons. The summed E-state index contributed by atoms with van der Waals surface area (Å²) in [5.74, 6) is 0.0813. The van der Waals surface area contributed by atoms with Gasteiger partial charge in [-0.15, -0.1) is 5.10 Å². The fourth-order valence-electron chi connectivity index (χ4n) is 6.37. The normalized spacial score (nSPS) is 22.0. The zero-order chi connectivity index (χ0) is 30.8. The van der Waals surface area contributed by atoms with Crippen LogP contribution in [0.3, 0.4) is 0 Å². The molecule has 2 saturated heterocycles. The van der Waals surface area contributed by atoms with Gasteiger partial charge >= 0.3 is 0 Å². The highest BCUT2D eigenvalue weighted by Crippen LogP contribution is 2.32. The molecule has 0 bridgehead atoms. The van der Waals surface area contributed by atoms with Crippen molar-refractivity contribution in [2.24, 2.45) is 0 Å². The summed E-state index contributed by atoms with van der Waals surface area (Å²) in [6.45, 7) is 12.3. The Morgan fingerprint density at radius 2 is 1.67 bits per heavy atom. The van der Waals surface area contributed by atoms with E-state index in [-0.39, 0.29) is 29.9 Å². The van der Waals surface area contributed by atoms with Crippen LogP contribution in [-0.4, -0.2) is 86.3 Å². The molecule has 0 radical (unpaired) electrons. The topological polar surface area (TPSA) is 77.8 Å². The van der Waals surface area contributed by atoms with Gasteiger partial charge < -0.3 is 9.80 Å². The van der Waals surface area contributed by atoms with E-state index in [1.54, 1.807) is 10.7 Å². The van der Waals surface area contributed by atoms with Crippen LogP contribution in [0, 0.1) is 0 Å². The van der Waals surface area contributed by atoms with Crippen LogP contribution in [0.25, 0.3) is 0 Å². The van der Waals surface area contributed by atoms with Crippen LogP contribution >= 0.6 is 39.1 Å². The first-order chi connectivity index (χ1) is 20.6. The first-order valence-electron chi connectivity index (χ1n) is 14.8. The van der Waals surface area contributed by atoms with Gasteiger partial charge in [-0.1, -0.05) is 58.2 Å². The highest BCUT2D eigenvalue weighted by molar-refractivity contribution is 9.10. The Morgan fingerprint density at radius 1 is 1.05 bits per heavy atom. The van der Waals surface area contributed by atoms with Crippen LogP contribution in [0.1, 0.15) is 57.5 Å². The predicted octanol–water partition coefficient (Wildman–Crippen LogP) is 5.83. The lowest BCUT2D eigenvalue weighted by molar-refractivity contribution is -0.142. The number of aromatic nitrogens is 3. The van der Waals surface area contributed by atoms with E-state index in [0.29, 0.717) is 42.6 Å². The lowest BCUT2D eigenvalue weighted by Crippen LogP contribution is -2.59. The van der Waals surface area contributed by atoms with Crippen LogP contribution in [-0.2, 0) is 16.1 Å². The van der Waals surface area contributed by atoms with Gasteiger partial charge in [0.25, 0.3) is 5.91 Å². The van der Waals surface area contributed by atoms with Crippen molar-refractivity contribution in [2.45, 2.75) is 64.8 Å². The second kappa shape index (κ2) is 13.6. The minimum Gasteiger partial charge on any atom is -0.338 e. The molecule has 9 nitrogen and oxygen atoms in total. The summed E-state index contributed by atoms with van der Waals surface area (Å²) >= 11 is 16.1. The Labute approximate surface area is 271 Å². The molecular formula is C31H38BrCl2N7O2. The molecule has 4 atom stereocenters. The van der Waals surface area contributed by atoms with E-state index in [0.717, 1.165) is 34.5 Å². The SMILES string of the molecule is CCN(CC)C(C(=O)N1C[C@@H](C)N(Cc2cn(C3CCN(c4ccc(Br)cc4)C3=O)nn2)[C@@H](C)C1)c1cc(Cl)cc(Cl)c1. The Bertz CT molecular complexity index is 1420. The van der Waals surface area contributed by atoms with E-state index in [1.165, 1.54) is 0 Å². The average molecular weight is 692 g/mol. The summed E-state index contributed by atoms with van der Waals surface area (Å²) in [6, 6.07) is 12.5. The third kappa shape index (κ3) is 6.93. The van der Waals surface area contributed by atoms with E-state index in [2.05, 4.69) is 63.7 Å². The smallest absolute Gasteiger partial charge is 0.251 e. The number of benzene rings is 2. The van der Waals surface area contributed by atoms with Crippen molar-refractivity contribution in [3.63, 3.8) is 0 Å². The minimum atomic E-state index is -0.460. The first kappa shape index (κ1) is 31.9. The van der Waals surface area contributed by atoms with E-state index in [1.807, 2.05) is 52.4 Å². The molecule has 0 spiro atoms. The number of halogens is 3. The Kier molecular flexibility index (Phi) is 10.1. The molecule has 0 N–H and O–H groups in total. The lowest BCUT2D eigenvalue weighted by Gasteiger charge is -2.45.